The van der Waals surface area contributed by atoms with Gasteiger partial charge in [0, 0.05) is 30.7 Å². The van der Waals surface area contributed by atoms with Crippen LogP contribution in [-0.2, 0) is 0 Å². The minimum Gasteiger partial charge on any atom is -0.370 e. The van der Waals surface area contributed by atoms with Gasteiger partial charge in [0.25, 0.3) is 5.91 Å². The van der Waals surface area contributed by atoms with Crippen LogP contribution in [0.4, 0.5) is 5.69 Å². The van der Waals surface area contributed by atoms with E-state index in [1.54, 1.807) is 18.0 Å². The summed E-state index contributed by atoms with van der Waals surface area (Å²) in [5, 5.41) is 3.11. The van der Waals surface area contributed by atoms with Gasteiger partial charge in [0.2, 0.25) is 0 Å². The molecule has 1 aromatic heterocycles. The lowest BCUT2D eigenvalue weighted by molar-refractivity contribution is 0.0942. The first-order valence-electron chi connectivity index (χ1n) is 8.34. The third-order valence-corrected chi connectivity index (χ3v) is 5.32. The quantitative estimate of drug-likeness (QED) is 0.846. The van der Waals surface area contributed by atoms with Crippen LogP contribution in [0.25, 0.3) is 0 Å². The van der Waals surface area contributed by atoms with E-state index < -0.39 is 0 Å². The summed E-state index contributed by atoms with van der Waals surface area (Å²) in [5.41, 5.74) is 1.96. The fraction of sp³-hybridized carbons (Fsp3) is 0.368. The van der Waals surface area contributed by atoms with E-state index in [1.165, 1.54) is 5.69 Å². The lowest BCUT2D eigenvalue weighted by Crippen LogP contribution is -2.38. The largest absolute Gasteiger partial charge is 0.370 e. The molecule has 5 heteroatoms. The van der Waals surface area contributed by atoms with Crippen LogP contribution in [0.15, 0.2) is 53.7 Å². The van der Waals surface area contributed by atoms with Gasteiger partial charge in [-0.2, -0.15) is 0 Å². The van der Waals surface area contributed by atoms with E-state index in [4.69, 9.17) is 0 Å². The molecule has 1 fully saturated rings. The average molecular weight is 341 g/mol. The molecule has 2 aromatic rings. The first-order valence-corrected chi connectivity index (χ1v) is 9.56. The van der Waals surface area contributed by atoms with Gasteiger partial charge in [-0.15, -0.1) is 11.8 Å². The van der Waals surface area contributed by atoms with Crippen LogP contribution >= 0.6 is 11.8 Å². The maximum absolute atomic E-state index is 12.4. The highest BCUT2D eigenvalue weighted by Crippen LogP contribution is 2.23. The number of anilines is 1. The Balaban J connectivity index is 1.49. The highest BCUT2D eigenvalue weighted by atomic mass is 32.2. The van der Waals surface area contributed by atoms with Crippen molar-refractivity contribution in [3.05, 3.63) is 54.4 Å². The van der Waals surface area contributed by atoms with Gasteiger partial charge in [-0.3, -0.25) is 9.78 Å². The summed E-state index contributed by atoms with van der Waals surface area (Å²) in [6.45, 7) is 2.80. The van der Waals surface area contributed by atoms with E-state index in [9.17, 15) is 4.79 Å². The van der Waals surface area contributed by atoms with E-state index >= 15 is 0 Å². The number of nitrogens with zero attached hydrogens (tertiary/aromatic N) is 2. The maximum atomic E-state index is 12.4. The molecule has 2 heterocycles. The molecule has 3 rings (SSSR count). The van der Waals surface area contributed by atoms with Crippen molar-refractivity contribution < 1.29 is 4.79 Å². The molecule has 126 valence electrons. The Hall–Kier alpha value is -2.01. The van der Waals surface area contributed by atoms with Crippen molar-refractivity contribution in [3.8, 4) is 0 Å². The molecule has 0 atom stereocenters. The van der Waals surface area contributed by atoms with Gasteiger partial charge < -0.3 is 10.2 Å². The van der Waals surface area contributed by atoms with Crippen molar-refractivity contribution >= 4 is 23.4 Å². The van der Waals surface area contributed by atoms with Gasteiger partial charge in [0.05, 0.1) is 17.4 Å². The zero-order valence-corrected chi connectivity index (χ0v) is 14.8. The van der Waals surface area contributed by atoms with Crippen LogP contribution < -0.4 is 10.2 Å². The summed E-state index contributed by atoms with van der Waals surface area (Å²) < 4.78 is 0. The fourth-order valence-electron chi connectivity index (χ4n) is 3.10. The Labute approximate surface area is 147 Å². The topological polar surface area (TPSA) is 45.2 Å². The van der Waals surface area contributed by atoms with E-state index in [0.29, 0.717) is 5.92 Å². The molecule has 0 radical (unpaired) electrons. The van der Waals surface area contributed by atoms with Crippen molar-refractivity contribution in [2.75, 3.05) is 30.8 Å². The zero-order valence-electron chi connectivity index (χ0n) is 13.9. The van der Waals surface area contributed by atoms with Gasteiger partial charge in [-0.25, -0.2) is 0 Å². The SMILES string of the molecule is CSc1ccccc1C(=O)NCC1CCN(c2cccnc2)CC1. The zero-order chi connectivity index (χ0) is 16.8. The monoisotopic (exact) mass is 341 g/mol. The van der Waals surface area contributed by atoms with Gasteiger partial charge in [0.15, 0.2) is 0 Å². The summed E-state index contributed by atoms with van der Waals surface area (Å²) >= 11 is 1.61. The standard InChI is InChI=1S/C19H23N3OS/c1-24-18-7-3-2-6-17(18)19(23)21-13-15-8-11-22(12-9-15)16-5-4-10-20-14-16/h2-7,10,14-15H,8-9,11-13H2,1H3,(H,21,23). The number of carbonyl (C=O) groups is 1. The number of amides is 1. The van der Waals surface area contributed by atoms with Crippen molar-refractivity contribution in [1.82, 2.24) is 10.3 Å². The van der Waals surface area contributed by atoms with Gasteiger partial charge in [-0.05, 0) is 49.3 Å². The molecule has 4 nitrogen and oxygen atoms in total. The Morgan fingerprint density at radius 3 is 2.75 bits per heavy atom. The molecular formula is C19H23N3OS. The number of aromatic nitrogens is 1. The highest BCUT2D eigenvalue weighted by Gasteiger charge is 2.20. The van der Waals surface area contributed by atoms with Crippen LogP contribution in [0, 0.1) is 5.92 Å². The average Bonchev–Trinajstić information content (AvgIpc) is 2.67. The van der Waals surface area contributed by atoms with Crippen LogP contribution in [-0.4, -0.2) is 36.8 Å². The molecule has 0 saturated carbocycles. The molecule has 0 bridgehead atoms. The van der Waals surface area contributed by atoms with Crippen LogP contribution in [0.3, 0.4) is 0 Å². The number of pyridine rings is 1. The van der Waals surface area contributed by atoms with Crippen molar-refractivity contribution in [2.45, 2.75) is 17.7 Å². The number of carbonyl (C=O) groups excluding carboxylic acids is 1. The number of rotatable bonds is 5. The molecule has 0 unspecified atom stereocenters. The second-order valence-electron chi connectivity index (χ2n) is 6.05. The minimum atomic E-state index is 0.0367. The summed E-state index contributed by atoms with van der Waals surface area (Å²) in [4.78, 5) is 20.0. The van der Waals surface area contributed by atoms with Gasteiger partial charge >= 0.3 is 0 Å². The number of hydrogen-bond acceptors (Lipinski definition) is 4. The molecule has 24 heavy (non-hydrogen) atoms. The minimum absolute atomic E-state index is 0.0367. The maximum Gasteiger partial charge on any atom is 0.252 e. The molecule has 1 aliphatic heterocycles. The Kier molecular flexibility index (Phi) is 5.75. The predicted octanol–water partition coefficient (Wildman–Crippen LogP) is 3.45. The molecule has 0 aliphatic carbocycles. The second-order valence-corrected chi connectivity index (χ2v) is 6.90. The third-order valence-electron chi connectivity index (χ3n) is 4.53. The number of thioether (sulfide) groups is 1. The molecule has 1 N–H and O–H groups in total. The number of hydrogen-bond donors (Lipinski definition) is 1. The van der Waals surface area contributed by atoms with E-state index in [0.717, 1.165) is 42.9 Å². The fourth-order valence-corrected chi connectivity index (χ4v) is 3.70. The van der Waals surface area contributed by atoms with Crippen LogP contribution in [0.5, 0.6) is 0 Å². The first kappa shape index (κ1) is 16.8. The molecular weight excluding hydrogens is 318 g/mol. The smallest absolute Gasteiger partial charge is 0.252 e. The van der Waals surface area contributed by atoms with Gasteiger partial charge in [0.1, 0.15) is 0 Å². The number of piperidine rings is 1. The van der Waals surface area contributed by atoms with Gasteiger partial charge in [-0.1, -0.05) is 12.1 Å². The normalized spacial score (nSPS) is 15.3. The first-order chi connectivity index (χ1) is 11.8. The summed E-state index contributed by atoms with van der Waals surface area (Å²) in [6, 6.07) is 11.9. The predicted molar refractivity (Wildman–Crippen MR) is 99.7 cm³/mol. The summed E-state index contributed by atoms with van der Waals surface area (Å²) in [7, 11) is 0. The lowest BCUT2D eigenvalue weighted by Gasteiger charge is -2.33. The Morgan fingerprint density at radius 2 is 2.04 bits per heavy atom. The van der Waals surface area contributed by atoms with E-state index in [-0.39, 0.29) is 5.91 Å². The van der Waals surface area contributed by atoms with Crippen molar-refractivity contribution in [2.24, 2.45) is 5.92 Å². The van der Waals surface area contributed by atoms with Crippen molar-refractivity contribution in [1.29, 1.82) is 0 Å². The van der Waals surface area contributed by atoms with Crippen molar-refractivity contribution in [3.63, 3.8) is 0 Å². The number of benzene rings is 1. The van der Waals surface area contributed by atoms with E-state index in [1.807, 2.05) is 42.8 Å². The summed E-state index contributed by atoms with van der Waals surface area (Å²) in [5.74, 6) is 0.581. The molecule has 1 saturated heterocycles. The summed E-state index contributed by atoms with van der Waals surface area (Å²) in [6.07, 6.45) is 7.92. The highest BCUT2D eigenvalue weighted by molar-refractivity contribution is 7.98. The Bertz CT molecular complexity index is 669. The lowest BCUT2D eigenvalue weighted by atomic mass is 9.96. The number of nitrogens with one attached hydrogen (secondary N) is 1. The van der Waals surface area contributed by atoms with Crippen LogP contribution in [0.1, 0.15) is 23.2 Å². The second kappa shape index (κ2) is 8.20. The molecule has 0 spiro atoms. The molecule has 1 aliphatic rings. The third kappa shape index (κ3) is 4.09. The van der Waals surface area contributed by atoms with Crippen LogP contribution in [0.2, 0.25) is 0 Å². The molecule has 1 amide bonds. The Morgan fingerprint density at radius 1 is 1.25 bits per heavy atom. The molecule has 1 aromatic carbocycles. The van der Waals surface area contributed by atoms with E-state index in [2.05, 4.69) is 21.3 Å².